The third-order valence-electron chi connectivity index (χ3n) is 12.2. The molecule has 0 fully saturated rings. The van der Waals surface area contributed by atoms with Crippen molar-refractivity contribution in [3.05, 3.63) is 131 Å². The summed E-state index contributed by atoms with van der Waals surface area (Å²) in [5.74, 6) is 0. The van der Waals surface area contributed by atoms with Gasteiger partial charge < -0.3 is 4.90 Å². The summed E-state index contributed by atoms with van der Waals surface area (Å²) in [6, 6.07) is 32.3. The molecule has 0 unspecified atom stereocenters. The van der Waals surface area contributed by atoms with Crippen molar-refractivity contribution in [3.8, 4) is 22.3 Å². The molecule has 0 aromatic heterocycles. The van der Waals surface area contributed by atoms with Crippen LogP contribution in [0.2, 0.25) is 0 Å². The number of nitrogens with zero attached hydrogens (tertiary/aromatic N) is 3. The van der Waals surface area contributed by atoms with E-state index in [0.29, 0.717) is 0 Å². The van der Waals surface area contributed by atoms with Gasteiger partial charge in [-0.25, -0.2) is 0 Å². The van der Waals surface area contributed by atoms with Gasteiger partial charge >= 0.3 is 0 Å². The van der Waals surface area contributed by atoms with Crippen LogP contribution in [-0.2, 0) is 22.2 Å². The number of benzene rings is 4. The summed E-state index contributed by atoms with van der Waals surface area (Å²) in [5, 5.41) is 0. The van der Waals surface area contributed by atoms with Gasteiger partial charge in [0.15, 0.2) is 0 Å². The van der Waals surface area contributed by atoms with Gasteiger partial charge in [-0.1, -0.05) is 66.7 Å². The fourth-order valence-corrected chi connectivity index (χ4v) is 8.55. The normalized spacial score (nSPS) is 20.5. The molecule has 0 amide bonds. The van der Waals surface area contributed by atoms with Gasteiger partial charge in [-0.2, -0.15) is 0 Å². The number of fused-ring (bicyclic) bond motifs is 2. The van der Waals surface area contributed by atoms with Crippen molar-refractivity contribution in [2.75, 3.05) is 19.0 Å². The van der Waals surface area contributed by atoms with Gasteiger partial charge in [-0.05, 0) is 158 Å². The second-order valence-electron chi connectivity index (χ2n) is 15.9. The number of anilines is 2. The van der Waals surface area contributed by atoms with E-state index < -0.39 is 0 Å². The molecule has 0 saturated carbocycles. The maximum Gasteiger partial charge on any atom is 0.0546 e. The van der Waals surface area contributed by atoms with Gasteiger partial charge in [0.2, 0.25) is 0 Å². The van der Waals surface area contributed by atoms with Crippen LogP contribution in [0.5, 0.6) is 0 Å². The van der Waals surface area contributed by atoms with E-state index in [4.69, 9.17) is 0 Å². The first-order chi connectivity index (χ1) is 22.2. The molecule has 3 nitrogen and oxygen atoms in total. The van der Waals surface area contributed by atoms with Crippen molar-refractivity contribution in [1.29, 1.82) is 0 Å². The van der Waals surface area contributed by atoms with E-state index in [1.807, 2.05) is 0 Å². The van der Waals surface area contributed by atoms with Gasteiger partial charge in [0, 0.05) is 39.1 Å². The van der Waals surface area contributed by atoms with Crippen LogP contribution in [-0.4, -0.2) is 23.9 Å². The quantitative estimate of drug-likeness (QED) is 0.219. The van der Waals surface area contributed by atoms with Crippen molar-refractivity contribution in [1.82, 2.24) is 9.80 Å². The zero-order chi connectivity index (χ0) is 33.5. The molecule has 0 bridgehead atoms. The van der Waals surface area contributed by atoms with E-state index in [9.17, 15) is 0 Å². The van der Waals surface area contributed by atoms with Crippen LogP contribution in [0.15, 0.2) is 109 Å². The molecule has 0 atom stereocenters. The van der Waals surface area contributed by atoms with Gasteiger partial charge in [0.25, 0.3) is 0 Å². The summed E-state index contributed by atoms with van der Waals surface area (Å²) >= 11 is 0. The molecule has 0 spiro atoms. The Hall–Kier alpha value is -3.92. The molecular weight excluding hydrogens is 571 g/mol. The third kappa shape index (κ3) is 4.77. The van der Waals surface area contributed by atoms with Crippen molar-refractivity contribution >= 4 is 11.4 Å². The highest BCUT2D eigenvalue weighted by Gasteiger charge is 2.48. The average molecular weight is 622 g/mol. The Morgan fingerprint density at radius 1 is 0.532 bits per heavy atom. The van der Waals surface area contributed by atoms with Crippen LogP contribution in [0.1, 0.15) is 90.5 Å². The van der Waals surface area contributed by atoms with Crippen LogP contribution in [0.25, 0.3) is 22.3 Å². The van der Waals surface area contributed by atoms with Crippen LogP contribution in [0.3, 0.4) is 0 Å². The summed E-state index contributed by atoms with van der Waals surface area (Å²) in [5.41, 5.74) is 14.1. The number of hydrogen-bond acceptors (Lipinski definition) is 3. The van der Waals surface area contributed by atoms with Crippen molar-refractivity contribution < 1.29 is 0 Å². The van der Waals surface area contributed by atoms with Crippen LogP contribution >= 0.6 is 0 Å². The Labute approximate surface area is 283 Å². The SMILES string of the molecule is CN1C(C)(C)c2ccc(-c3ccc(-c4ccc5c(c4)C(C)(C)N(C)C5(C)C)c(N(C4=CCCC=C4)c4ccccc4)c3)cc2C1(C)C. The van der Waals surface area contributed by atoms with Crippen molar-refractivity contribution in [2.24, 2.45) is 0 Å². The molecule has 7 rings (SSSR count). The van der Waals surface area contributed by atoms with E-state index in [-0.39, 0.29) is 22.2 Å². The summed E-state index contributed by atoms with van der Waals surface area (Å²) in [7, 11) is 4.52. The monoisotopic (exact) mass is 621 g/mol. The van der Waals surface area contributed by atoms with Gasteiger partial charge in [0.1, 0.15) is 0 Å². The van der Waals surface area contributed by atoms with Gasteiger partial charge in [-0.3, -0.25) is 9.80 Å². The van der Waals surface area contributed by atoms with E-state index >= 15 is 0 Å². The van der Waals surface area contributed by atoms with E-state index in [1.54, 1.807) is 0 Å². The Balaban J connectivity index is 1.46. The minimum Gasteiger partial charge on any atom is -0.310 e. The highest BCUT2D eigenvalue weighted by atomic mass is 15.3. The predicted octanol–water partition coefficient (Wildman–Crippen LogP) is 11.2. The predicted molar refractivity (Wildman–Crippen MR) is 200 cm³/mol. The van der Waals surface area contributed by atoms with Crippen molar-refractivity contribution in [3.63, 3.8) is 0 Å². The summed E-state index contributed by atoms with van der Waals surface area (Å²) in [6.45, 7) is 18.8. The lowest BCUT2D eigenvalue weighted by molar-refractivity contribution is 0.0729. The Kier molecular flexibility index (Phi) is 7.28. The molecule has 2 aliphatic heterocycles. The number of para-hydroxylation sites is 1. The minimum absolute atomic E-state index is 0.0136. The fraction of sp³-hybridized carbons (Fsp3) is 0.364. The number of rotatable bonds is 5. The molecule has 1 aliphatic carbocycles. The van der Waals surface area contributed by atoms with E-state index in [2.05, 4.69) is 187 Å². The van der Waals surface area contributed by atoms with Crippen LogP contribution in [0, 0.1) is 0 Å². The zero-order valence-corrected chi connectivity index (χ0v) is 30.1. The van der Waals surface area contributed by atoms with E-state index in [0.717, 1.165) is 12.8 Å². The zero-order valence-electron chi connectivity index (χ0n) is 30.1. The first kappa shape index (κ1) is 31.7. The highest BCUT2D eigenvalue weighted by Crippen LogP contribution is 2.52. The first-order valence-corrected chi connectivity index (χ1v) is 17.3. The van der Waals surface area contributed by atoms with E-state index in [1.165, 1.54) is 61.6 Å². The lowest BCUT2D eigenvalue weighted by atomic mass is 9.86. The van der Waals surface area contributed by atoms with Crippen LogP contribution < -0.4 is 4.90 Å². The molecule has 47 heavy (non-hydrogen) atoms. The molecule has 3 aliphatic rings. The Bertz CT molecular complexity index is 1920. The maximum absolute atomic E-state index is 2.51. The molecule has 4 aromatic carbocycles. The Morgan fingerprint density at radius 2 is 1.04 bits per heavy atom. The summed E-state index contributed by atoms with van der Waals surface area (Å²) in [4.78, 5) is 7.49. The summed E-state index contributed by atoms with van der Waals surface area (Å²) < 4.78 is 0. The molecule has 3 heteroatoms. The standard InChI is InChI=1S/C44H51N3/c1-41(2)36-25-22-30(27-38(36)43(5,6)45(41)9)31-21-24-35(32-23-26-37-39(28-32)44(7,8)46(10)42(37,3)4)40(29-31)47(33-17-13-11-14-18-33)34-19-15-12-16-20-34/h11,13-15,17-29H,12,16H2,1-10H3. The van der Waals surface area contributed by atoms with Gasteiger partial charge in [-0.15, -0.1) is 0 Å². The number of hydrogen-bond donors (Lipinski definition) is 0. The lowest BCUT2D eigenvalue weighted by Crippen LogP contribution is -2.42. The molecule has 2 heterocycles. The average Bonchev–Trinajstić information content (AvgIpc) is 3.29. The molecule has 0 radical (unpaired) electrons. The highest BCUT2D eigenvalue weighted by molar-refractivity contribution is 5.89. The number of allylic oxidation sites excluding steroid dienone is 3. The van der Waals surface area contributed by atoms with Crippen molar-refractivity contribution in [2.45, 2.75) is 90.4 Å². The first-order valence-electron chi connectivity index (χ1n) is 17.3. The summed E-state index contributed by atoms with van der Waals surface area (Å²) in [6.07, 6.45) is 9.12. The third-order valence-corrected chi connectivity index (χ3v) is 12.2. The topological polar surface area (TPSA) is 9.72 Å². The largest absolute Gasteiger partial charge is 0.310 e. The molecule has 242 valence electrons. The molecule has 0 N–H and O–H groups in total. The fourth-order valence-electron chi connectivity index (χ4n) is 8.55. The molecule has 0 saturated heterocycles. The van der Waals surface area contributed by atoms with Crippen LogP contribution in [0.4, 0.5) is 11.4 Å². The second kappa shape index (κ2) is 10.8. The molecule has 4 aromatic rings. The maximum atomic E-state index is 2.51. The smallest absolute Gasteiger partial charge is 0.0546 e. The minimum atomic E-state index is -0.0686. The Morgan fingerprint density at radius 3 is 1.62 bits per heavy atom. The van der Waals surface area contributed by atoms with Gasteiger partial charge in [0.05, 0.1) is 5.69 Å². The lowest BCUT2D eigenvalue weighted by Gasteiger charge is -2.37. The second-order valence-corrected chi connectivity index (χ2v) is 15.9. The molecular formula is C44H51N3.